The third kappa shape index (κ3) is 2.97. The van der Waals surface area contributed by atoms with Crippen molar-refractivity contribution in [1.29, 1.82) is 0 Å². The maximum atomic E-state index is 12.0. The number of benzene rings is 1. The number of para-hydroxylation sites is 1. The Morgan fingerprint density at radius 2 is 2.20 bits per heavy atom. The summed E-state index contributed by atoms with van der Waals surface area (Å²) in [6.45, 7) is 0.333. The molecule has 0 unspecified atom stereocenters. The predicted octanol–water partition coefficient (Wildman–Crippen LogP) is 2.93. The predicted molar refractivity (Wildman–Crippen MR) is 80.7 cm³/mol. The molecular formula is C12H10BrN3O3S. The number of amides is 1. The summed E-state index contributed by atoms with van der Waals surface area (Å²) in [5.41, 5.74) is 5.37. The van der Waals surface area contributed by atoms with Gasteiger partial charge in [0.1, 0.15) is 5.69 Å². The van der Waals surface area contributed by atoms with Crippen molar-refractivity contribution in [2.45, 2.75) is 6.54 Å². The van der Waals surface area contributed by atoms with Crippen LogP contribution in [0.25, 0.3) is 0 Å². The summed E-state index contributed by atoms with van der Waals surface area (Å²) in [6, 6.07) is 6.04. The van der Waals surface area contributed by atoms with Gasteiger partial charge in [0.2, 0.25) is 0 Å². The molecule has 1 amide bonds. The summed E-state index contributed by atoms with van der Waals surface area (Å²) in [5.74, 6) is -0.438. The molecule has 1 aromatic heterocycles. The summed E-state index contributed by atoms with van der Waals surface area (Å²) >= 11 is 4.86. The number of hydrogen-bond donors (Lipinski definition) is 2. The maximum absolute atomic E-state index is 12.0. The minimum atomic E-state index is -0.609. The molecule has 1 aromatic carbocycles. The van der Waals surface area contributed by atoms with Crippen LogP contribution in [0.2, 0.25) is 0 Å². The number of nitrogens with zero attached hydrogens (tertiary/aromatic N) is 1. The average molecular weight is 356 g/mol. The first-order chi connectivity index (χ1) is 9.50. The number of nitrogen functional groups attached to an aromatic ring is 1. The molecular weight excluding hydrogens is 346 g/mol. The van der Waals surface area contributed by atoms with E-state index >= 15 is 0 Å². The molecule has 0 saturated heterocycles. The van der Waals surface area contributed by atoms with Crippen molar-refractivity contribution in [3.8, 4) is 0 Å². The van der Waals surface area contributed by atoms with Gasteiger partial charge in [0.15, 0.2) is 0 Å². The second kappa shape index (κ2) is 6.02. The number of nitrogens with one attached hydrogen (secondary N) is 1. The lowest BCUT2D eigenvalue weighted by Crippen LogP contribution is -2.23. The highest BCUT2D eigenvalue weighted by molar-refractivity contribution is 9.10. The summed E-state index contributed by atoms with van der Waals surface area (Å²) in [4.78, 5) is 23.1. The summed E-state index contributed by atoms with van der Waals surface area (Å²) in [5, 5.41) is 15.4. The number of halogens is 1. The number of hydrogen-bond acceptors (Lipinski definition) is 5. The Bertz CT molecular complexity index is 672. The van der Waals surface area contributed by atoms with Crippen LogP contribution >= 0.6 is 27.3 Å². The number of carbonyl (C=O) groups excluding carboxylic acids is 1. The second-order valence-electron chi connectivity index (χ2n) is 3.87. The zero-order valence-corrected chi connectivity index (χ0v) is 12.5. The third-order valence-electron chi connectivity index (χ3n) is 2.62. The molecule has 6 nitrogen and oxygen atoms in total. The molecule has 1 heterocycles. The molecule has 0 atom stereocenters. The second-order valence-corrected chi connectivity index (χ2v) is 5.72. The zero-order valence-electron chi connectivity index (χ0n) is 10.1. The van der Waals surface area contributed by atoms with Gasteiger partial charge in [0.05, 0.1) is 17.0 Å². The lowest BCUT2D eigenvalue weighted by molar-refractivity contribution is -0.383. The number of nitro groups is 1. The van der Waals surface area contributed by atoms with Gasteiger partial charge < -0.3 is 11.1 Å². The van der Waals surface area contributed by atoms with Crippen LogP contribution in [0, 0.1) is 10.1 Å². The van der Waals surface area contributed by atoms with Crippen LogP contribution in [0.3, 0.4) is 0 Å². The number of nitro benzene ring substituents is 1. The van der Waals surface area contributed by atoms with E-state index in [1.807, 2.05) is 11.4 Å². The van der Waals surface area contributed by atoms with Gasteiger partial charge in [-0.2, -0.15) is 0 Å². The molecule has 104 valence electrons. The highest BCUT2D eigenvalue weighted by atomic mass is 79.9. The fraction of sp³-hybridized carbons (Fsp3) is 0.0833. The Labute approximate surface area is 126 Å². The van der Waals surface area contributed by atoms with Gasteiger partial charge in [-0.25, -0.2) is 0 Å². The molecule has 0 aliphatic carbocycles. The van der Waals surface area contributed by atoms with E-state index in [0.29, 0.717) is 6.54 Å². The topological polar surface area (TPSA) is 98.3 Å². The Hall–Kier alpha value is -1.93. The lowest BCUT2D eigenvalue weighted by atomic mass is 10.1. The van der Waals surface area contributed by atoms with Crippen molar-refractivity contribution in [3.05, 3.63) is 54.7 Å². The van der Waals surface area contributed by atoms with Gasteiger partial charge in [-0.05, 0) is 33.4 Å². The zero-order chi connectivity index (χ0) is 14.7. The van der Waals surface area contributed by atoms with Crippen molar-refractivity contribution in [2.75, 3.05) is 5.73 Å². The van der Waals surface area contributed by atoms with Crippen LogP contribution in [0.5, 0.6) is 0 Å². The standard InChI is InChI=1S/C12H10BrN3O3S/c13-8-4-5-20-10(8)6-15-12(17)7-2-1-3-9(11(7)14)16(18)19/h1-5H,6,14H2,(H,15,17). The van der Waals surface area contributed by atoms with Crippen LogP contribution in [0.1, 0.15) is 15.2 Å². The minimum absolute atomic E-state index is 0.104. The molecule has 0 bridgehead atoms. The SMILES string of the molecule is Nc1c(C(=O)NCc2sccc2Br)cccc1[N+](=O)[O-]. The maximum Gasteiger partial charge on any atom is 0.292 e. The van der Waals surface area contributed by atoms with Crippen LogP contribution in [-0.2, 0) is 6.54 Å². The van der Waals surface area contributed by atoms with Crippen LogP contribution in [0.4, 0.5) is 11.4 Å². The number of carbonyl (C=O) groups is 1. The van der Waals surface area contributed by atoms with E-state index in [2.05, 4.69) is 21.2 Å². The Morgan fingerprint density at radius 1 is 1.45 bits per heavy atom. The van der Waals surface area contributed by atoms with E-state index in [9.17, 15) is 14.9 Å². The molecule has 2 aromatic rings. The van der Waals surface area contributed by atoms with Crippen LogP contribution < -0.4 is 11.1 Å². The molecule has 0 aliphatic rings. The van der Waals surface area contributed by atoms with E-state index in [1.54, 1.807) is 0 Å². The van der Waals surface area contributed by atoms with Gasteiger partial charge in [-0.3, -0.25) is 14.9 Å². The molecule has 20 heavy (non-hydrogen) atoms. The van der Waals surface area contributed by atoms with Gasteiger partial charge >= 0.3 is 0 Å². The van der Waals surface area contributed by atoms with Crippen molar-refractivity contribution in [2.24, 2.45) is 0 Å². The molecule has 8 heteroatoms. The van der Waals surface area contributed by atoms with Crippen molar-refractivity contribution in [3.63, 3.8) is 0 Å². The molecule has 0 saturated carbocycles. The first-order valence-corrected chi connectivity index (χ1v) is 7.21. The van der Waals surface area contributed by atoms with Gasteiger partial charge in [0, 0.05) is 15.4 Å². The summed E-state index contributed by atoms with van der Waals surface area (Å²) < 4.78 is 0.912. The van der Waals surface area contributed by atoms with E-state index < -0.39 is 10.8 Å². The fourth-order valence-corrected chi connectivity index (χ4v) is 3.05. The van der Waals surface area contributed by atoms with Gasteiger partial charge in [0.25, 0.3) is 11.6 Å². The first kappa shape index (κ1) is 14.5. The van der Waals surface area contributed by atoms with Gasteiger partial charge in [-0.15, -0.1) is 11.3 Å². The summed E-state index contributed by atoms with van der Waals surface area (Å²) in [6.07, 6.45) is 0. The fourth-order valence-electron chi connectivity index (χ4n) is 1.62. The smallest absolute Gasteiger partial charge is 0.292 e. The van der Waals surface area contributed by atoms with E-state index in [-0.39, 0.29) is 16.9 Å². The Morgan fingerprint density at radius 3 is 2.80 bits per heavy atom. The number of anilines is 1. The number of rotatable bonds is 4. The van der Waals surface area contributed by atoms with Gasteiger partial charge in [-0.1, -0.05) is 6.07 Å². The van der Waals surface area contributed by atoms with Crippen molar-refractivity contribution < 1.29 is 9.72 Å². The number of thiophene rings is 1. The van der Waals surface area contributed by atoms with E-state index in [0.717, 1.165) is 9.35 Å². The monoisotopic (exact) mass is 355 g/mol. The largest absolute Gasteiger partial charge is 0.393 e. The normalized spacial score (nSPS) is 10.2. The highest BCUT2D eigenvalue weighted by Crippen LogP contribution is 2.25. The van der Waals surface area contributed by atoms with Crippen LogP contribution in [0.15, 0.2) is 34.1 Å². The molecule has 0 fully saturated rings. The van der Waals surface area contributed by atoms with E-state index in [4.69, 9.17) is 5.73 Å². The molecule has 3 N–H and O–H groups in total. The van der Waals surface area contributed by atoms with Crippen molar-refractivity contribution in [1.82, 2.24) is 5.32 Å². The summed E-state index contributed by atoms with van der Waals surface area (Å²) in [7, 11) is 0. The van der Waals surface area contributed by atoms with E-state index in [1.165, 1.54) is 29.5 Å². The van der Waals surface area contributed by atoms with Crippen LogP contribution in [-0.4, -0.2) is 10.8 Å². The molecule has 0 radical (unpaired) electrons. The number of nitrogens with two attached hydrogens (primary N) is 1. The highest BCUT2D eigenvalue weighted by Gasteiger charge is 2.18. The first-order valence-electron chi connectivity index (χ1n) is 5.53. The molecule has 0 spiro atoms. The van der Waals surface area contributed by atoms with Crippen molar-refractivity contribution >= 4 is 44.5 Å². The Kier molecular flexibility index (Phi) is 4.35. The molecule has 0 aliphatic heterocycles. The lowest BCUT2D eigenvalue weighted by Gasteiger charge is -2.07. The Balaban J connectivity index is 2.16. The minimum Gasteiger partial charge on any atom is -0.393 e. The third-order valence-corrected chi connectivity index (χ3v) is 4.55. The quantitative estimate of drug-likeness (QED) is 0.500. The average Bonchev–Trinajstić information content (AvgIpc) is 2.81. The molecule has 2 rings (SSSR count).